The highest BCUT2D eigenvalue weighted by Crippen LogP contribution is 2.33. The summed E-state index contributed by atoms with van der Waals surface area (Å²) < 4.78 is 41.5. The number of aryl methyl sites for hydroxylation is 1. The first-order valence-electron chi connectivity index (χ1n) is 13.6. The number of hydrogen-bond donors (Lipinski definition) is 0. The molecule has 0 N–H and O–H groups in total. The van der Waals surface area contributed by atoms with Gasteiger partial charge >= 0.3 is 6.18 Å². The third-order valence-corrected chi connectivity index (χ3v) is 7.57. The smallest absolute Gasteiger partial charge is 0.327 e. The van der Waals surface area contributed by atoms with Crippen molar-refractivity contribution in [2.24, 2.45) is 0 Å². The quantitative estimate of drug-likeness (QED) is 0.240. The van der Waals surface area contributed by atoms with E-state index in [0.717, 1.165) is 75.0 Å². The van der Waals surface area contributed by atoms with Crippen molar-refractivity contribution in [2.45, 2.75) is 45.6 Å². The van der Waals surface area contributed by atoms with Crippen LogP contribution in [0, 0.1) is 6.92 Å². The molecule has 1 saturated heterocycles. The minimum absolute atomic E-state index is 0.216. The lowest BCUT2D eigenvalue weighted by Gasteiger charge is -2.40. The maximum Gasteiger partial charge on any atom is 0.416 e. The SMILES string of the molecule is CCCn1c(-c2ccc(C(F)(F)F)cc2)nc(C)c1CN1CCN(C(c2ccccc2)c2ccccc2)CC1. The fourth-order valence-corrected chi connectivity index (χ4v) is 5.58. The van der Waals surface area contributed by atoms with E-state index < -0.39 is 11.7 Å². The average Bonchev–Trinajstić information content (AvgIpc) is 3.25. The van der Waals surface area contributed by atoms with Crippen molar-refractivity contribution in [3.05, 3.63) is 113 Å². The molecular weight excluding hydrogens is 497 g/mol. The number of rotatable bonds is 8. The molecule has 0 unspecified atom stereocenters. The fraction of sp³-hybridized carbons (Fsp3) is 0.344. The molecule has 3 aromatic carbocycles. The lowest BCUT2D eigenvalue weighted by molar-refractivity contribution is -0.137. The molecule has 2 heterocycles. The van der Waals surface area contributed by atoms with Gasteiger partial charge in [-0.15, -0.1) is 0 Å². The molecule has 0 atom stereocenters. The van der Waals surface area contributed by atoms with Crippen molar-refractivity contribution in [3.63, 3.8) is 0 Å². The van der Waals surface area contributed by atoms with Gasteiger partial charge in [-0.05, 0) is 36.6 Å². The number of halogens is 3. The predicted molar refractivity (Wildman–Crippen MR) is 149 cm³/mol. The molecule has 5 rings (SSSR count). The molecule has 1 fully saturated rings. The highest BCUT2D eigenvalue weighted by atomic mass is 19.4. The maximum atomic E-state index is 13.1. The van der Waals surface area contributed by atoms with Gasteiger partial charge in [0, 0.05) is 44.8 Å². The van der Waals surface area contributed by atoms with Gasteiger partial charge < -0.3 is 4.57 Å². The van der Waals surface area contributed by atoms with Crippen molar-refractivity contribution in [3.8, 4) is 11.4 Å². The van der Waals surface area contributed by atoms with E-state index in [9.17, 15) is 13.2 Å². The van der Waals surface area contributed by atoms with Gasteiger partial charge in [-0.2, -0.15) is 13.2 Å². The summed E-state index contributed by atoms with van der Waals surface area (Å²) in [4.78, 5) is 9.85. The molecule has 39 heavy (non-hydrogen) atoms. The van der Waals surface area contributed by atoms with Crippen molar-refractivity contribution < 1.29 is 13.2 Å². The van der Waals surface area contributed by atoms with Gasteiger partial charge in [0.05, 0.1) is 23.0 Å². The summed E-state index contributed by atoms with van der Waals surface area (Å²) in [5.74, 6) is 0.741. The summed E-state index contributed by atoms with van der Waals surface area (Å²) >= 11 is 0. The molecule has 0 bridgehead atoms. The maximum absolute atomic E-state index is 13.1. The minimum Gasteiger partial charge on any atom is -0.327 e. The van der Waals surface area contributed by atoms with E-state index in [4.69, 9.17) is 4.98 Å². The number of hydrogen-bond acceptors (Lipinski definition) is 3. The second kappa shape index (κ2) is 11.8. The first-order valence-corrected chi connectivity index (χ1v) is 13.6. The van der Waals surface area contributed by atoms with E-state index in [1.165, 1.54) is 23.3 Å². The van der Waals surface area contributed by atoms with Crippen molar-refractivity contribution in [1.82, 2.24) is 19.4 Å². The lowest BCUT2D eigenvalue weighted by atomic mass is 9.96. The molecule has 1 aliphatic rings. The third-order valence-electron chi connectivity index (χ3n) is 7.57. The van der Waals surface area contributed by atoms with E-state index in [1.807, 2.05) is 6.92 Å². The average molecular weight is 533 g/mol. The molecule has 0 amide bonds. The highest BCUT2D eigenvalue weighted by Gasteiger charge is 2.31. The second-order valence-corrected chi connectivity index (χ2v) is 10.2. The number of imidazole rings is 1. The van der Waals surface area contributed by atoms with Crippen LogP contribution in [-0.2, 0) is 19.3 Å². The van der Waals surface area contributed by atoms with Gasteiger partial charge in [0.25, 0.3) is 0 Å². The normalized spacial score (nSPS) is 15.2. The first-order chi connectivity index (χ1) is 18.8. The zero-order valence-corrected chi connectivity index (χ0v) is 22.5. The monoisotopic (exact) mass is 532 g/mol. The Bertz CT molecular complexity index is 1300. The number of alkyl halides is 3. The molecule has 0 saturated carbocycles. The Hall–Kier alpha value is -3.42. The fourth-order valence-electron chi connectivity index (χ4n) is 5.58. The van der Waals surface area contributed by atoms with Gasteiger partial charge in [0.15, 0.2) is 0 Å². The largest absolute Gasteiger partial charge is 0.416 e. The van der Waals surface area contributed by atoms with Gasteiger partial charge in [0.1, 0.15) is 5.82 Å². The van der Waals surface area contributed by atoms with E-state index in [1.54, 1.807) is 0 Å². The molecule has 4 aromatic rings. The van der Waals surface area contributed by atoms with Crippen molar-refractivity contribution in [2.75, 3.05) is 26.2 Å². The lowest BCUT2D eigenvalue weighted by Crippen LogP contribution is -2.47. The second-order valence-electron chi connectivity index (χ2n) is 10.2. The van der Waals surface area contributed by atoms with E-state index >= 15 is 0 Å². The van der Waals surface area contributed by atoms with Crippen LogP contribution in [-0.4, -0.2) is 45.5 Å². The van der Waals surface area contributed by atoms with Crippen LogP contribution in [0.5, 0.6) is 0 Å². The van der Waals surface area contributed by atoms with Crippen LogP contribution in [0.3, 0.4) is 0 Å². The van der Waals surface area contributed by atoms with Gasteiger partial charge in [-0.3, -0.25) is 9.80 Å². The summed E-state index contributed by atoms with van der Waals surface area (Å²) in [6.07, 6.45) is -3.43. The Labute approximate surface area is 228 Å². The summed E-state index contributed by atoms with van der Waals surface area (Å²) in [5.41, 5.74) is 4.75. The number of aromatic nitrogens is 2. The van der Waals surface area contributed by atoms with E-state index in [-0.39, 0.29) is 6.04 Å². The van der Waals surface area contributed by atoms with Crippen molar-refractivity contribution in [1.29, 1.82) is 0 Å². The summed E-state index contributed by atoms with van der Waals surface area (Å²) in [5, 5.41) is 0. The third kappa shape index (κ3) is 6.10. The van der Waals surface area contributed by atoms with Crippen molar-refractivity contribution >= 4 is 0 Å². The number of benzene rings is 3. The Morgan fingerprint density at radius 3 is 1.87 bits per heavy atom. The van der Waals surface area contributed by atoms with Crippen LogP contribution in [0.25, 0.3) is 11.4 Å². The Kier molecular flexibility index (Phi) is 8.19. The molecule has 7 heteroatoms. The van der Waals surface area contributed by atoms with E-state index in [2.05, 4.69) is 82.0 Å². The topological polar surface area (TPSA) is 24.3 Å². The van der Waals surface area contributed by atoms with Crippen LogP contribution >= 0.6 is 0 Å². The molecule has 204 valence electrons. The summed E-state index contributed by atoms with van der Waals surface area (Å²) in [7, 11) is 0. The number of piperazine rings is 1. The minimum atomic E-state index is -4.35. The Balaban J connectivity index is 1.33. The van der Waals surface area contributed by atoms with Gasteiger partial charge in [-0.1, -0.05) is 79.7 Å². The summed E-state index contributed by atoms with van der Waals surface area (Å²) in [6.45, 7) is 9.42. The highest BCUT2D eigenvalue weighted by molar-refractivity contribution is 5.58. The van der Waals surface area contributed by atoms with Crippen LogP contribution in [0.1, 0.15) is 47.5 Å². The molecule has 0 radical (unpaired) electrons. The molecule has 1 aromatic heterocycles. The molecule has 0 spiro atoms. The zero-order chi connectivity index (χ0) is 27.4. The Morgan fingerprint density at radius 2 is 1.36 bits per heavy atom. The van der Waals surface area contributed by atoms with Crippen LogP contribution < -0.4 is 0 Å². The predicted octanol–water partition coefficient (Wildman–Crippen LogP) is 7.19. The molecule has 4 nitrogen and oxygen atoms in total. The van der Waals surface area contributed by atoms with E-state index in [0.29, 0.717) is 5.56 Å². The number of nitrogens with zero attached hydrogens (tertiary/aromatic N) is 4. The van der Waals surface area contributed by atoms with Gasteiger partial charge in [-0.25, -0.2) is 4.98 Å². The zero-order valence-electron chi connectivity index (χ0n) is 22.5. The van der Waals surface area contributed by atoms with Crippen LogP contribution in [0.4, 0.5) is 13.2 Å². The standard InChI is InChI=1S/C32H35F3N4/c1-3-18-39-29(24(2)36-31(39)27-14-16-28(17-15-27)32(33,34)35)23-37-19-21-38(22-20-37)30(25-10-6-4-7-11-25)26-12-8-5-9-13-26/h4-17,30H,3,18-23H2,1-2H3. The van der Waals surface area contributed by atoms with Crippen LogP contribution in [0.2, 0.25) is 0 Å². The molecule has 0 aliphatic carbocycles. The first kappa shape index (κ1) is 27.2. The summed E-state index contributed by atoms with van der Waals surface area (Å²) in [6, 6.07) is 26.9. The molecule has 1 aliphatic heterocycles. The molecular formula is C32H35F3N4. The Morgan fingerprint density at radius 1 is 0.795 bits per heavy atom. The van der Waals surface area contributed by atoms with Gasteiger partial charge in [0.2, 0.25) is 0 Å². The van der Waals surface area contributed by atoms with Crippen LogP contribution in [0.15, 0.2) is 84.9 Å².